The van der Waals surface area contributed by atoms with Gasteiger partial charge in [-0.15, -0.1) is 0 Å². The highest BCUT2D eigenvalue weighted by molar-refractivity contribution is 5.17. The molecule has 1 heterocycles. The first-order valence-electron chi connectivity index (χ1n) is 5.92. The number of nitrogens with zero attached hydrogens (tertiary/aromatic N) is 2. The zero-order chi connectivity index (χ0) is 13.1. The molecule has 0 fully saturated rings. The lowest BCUT2D eigenvalue weighted by atomic mass is 9.88. The Labute approximate surface area is 103 Å². The van der Waals surface area contributed by atoms with Crippen molar-refractivity contribution in [3.05, 3.63) is 23.3 Å². The lowest BCUT2D eigenvalue weighted by molar-refractivity contribution is 0.00842. The molecule has 0 saturated carbocycles. The van der Waals surface area contributed by atoms with Crippen molar-refractivity contribution in [3.8, 4) is 0 Å². The number of aromatic nitrogens is 2. The van der Waals surface area contributed by atoms with Crippen LogP contribution in [0.15, 0.2) is 6.20 Å². The van der Waals surface area contributed by atoms with E-state index in [2.05, 4.69) is 30.7 Å². The fourth-order valence-electron chi connectivity index (χ4n) is 1.87. The number of methoxy groups -OCH3 is 1. The van der Waals surface area contributed by atoms with Crippen molar-refractivity contribution in [2.75, 3.05) is 7.11 Å². The lowest BCUT2D eigenvalue weighted by Crippen LogP contribution is -2.23. The van der Waals surface area contributed by atoms with Gasteiger partial charge in [0, 0.05) is 24.6 Å². The van der Waals surface area contributed by atoms with Crippen LogP contribution >= 0.6 is 0 Å². The van der Waals surface area contributed by atoms with Crippen LogP contribution in [0.4, 0.5) is 0 Å². The van der Waals surface area contributed by atoms with Crippen molar-refractivity contribution < 1.29 is 9.84 Å². The first-order valence-corrected chi connectivity index (χ1v) is 5.92. The molecule has 1 aromatic heterocycles. The van der Waals surface area contributed by atoms with Gasteiger partial charge in [-0.2, -0.15) is 0 Å². The van der Waals surface area contributed by atoms with E-state index in [9.17, 15) is 5.11 Å². The second-order valence-electron chi connectivity index (χ2n) is 5.19. The Balaban J connectivity index is 3.14. The molecule has 1 unspecified atom stereocenters. The van der Waals surface area contributed by atoms with E-state index in [-0.39, 0.29) is 18.1 Å². The highest BCUT2D eigenvalue weighted by Gasteiger charge is 2.28. The standard InChI is InChI=1S/C13H22N2O2/c1-6-10-9(8-16)7-14-12(15-10)11(17-5)13(2,3)4/h7,11,16H,6,8H2,1-5H3. The molecule has 4 nitrogen and oxygen atoms in total. The van der Waals surface area contributed by atoms with Crippen molar-refractivity contribution in [1.29, 1.82) is 0 Å². The Hall–Kier alpha value is -1.00. The van der Waals surface area contributed by atoms with Crippen LogP contribution in [0.3, 0.4) is 0 Å². The third kappa shape index (κ3) is 3.23. The minimum absolute atomic E-state index is 0.0172. The molecule has 0 spiro atoms. The molecule has 0 aliphatic heterocycles. The van der Waals surface area contributed by atoms with Gasteiger partial charge in [0.25, 0.3) is 0 Å². The molecule has 1 rings (SSSR count). The Bertz CT molecular complexity index is 372. The van der Waals surface area contributed by atoms with Crippen LogP contribution in [0.5, 0.6) is 0 Å². The Morgan fingerprint density at radius 1 is 1.41 bits per heavy atom. The number of aliphatic hydroxyl groups is 1. The normalized spacial score (nSPS) is 13.8. The number of hydrogen-bond acceptors (Lipinski definition) is 4. The lowest BCUT2D eigenvalue weighted by Gasteiger charge is -2.28. The van der Waals surface area contributed by atoms with Crippen molar-refractivity contribution >= 4 is 0 Å². The van der Waals surface area contributed by atoms with Crippen LogP contribution in [0.1, 0.15) is 50.9 Å². The monoisotopic (exact) mass is 238 g/mol. The zero-order valence-corrected chi connectivity index (χ0v) is 11.3. The van der Waals surface area contributed by atoms with Gasteiger partial charge in [0.2, 0.25) is 0 Å². The largest absolute Gasteiger partial charge is 0.392 e. The minimum Gasteiger partial charge on any atom is -0.392 e. The second-order valence-corrected chi connectivity index (χ2v) is 5.19. The second kappa shape index (κ2) is 5.56. The van der Waals surface area contributed by atoms with E-state index in [1.165, 1.54) is 0 Å². The Morgan fingerprint density at radius 3 is 2.47 bits per heavy atom. The summed E-state index contributed by atoms with van der Waals surface area (Å²) in [7, 11) is 1.67. The molecule has 96 valence electrons. The number of hydrogen-bond donors (Lipinski definition) is 1. The smallest absolute Gasteiger partial charge is 0.157 e. The number of aliphatic hydroxyl groups excluding tert-OH is 1. The summed E-state index contributed by atoms with van der Waals surface area (Å²) in [6.45, 7) is 8.28. The fourth-order valence-corrected chi connectivity index (χ4v) is 1.87. The number of ether oxygens (including phenoxy) is 1. The maximum atomic E-state index is 9.18. The molecule has 0 amide bonds. The van der Waals surface area contributed by atoms with E-state index in [1.807, 2.05) is 6.92 Å². The summed E-state index contributed by atoms with van der Waals surface area (Å²) in [5, 5.41) is 9.18. The summed E-state index contributed by atoms with van der Waals surface area (Å²) >= 11 is 0. The summed E-state index contributed by atoms with van der Waals surface area (Å²) in [4.78, 5) is 8.80. The average molecular weight is 238 g/mol. The van der Waals surface area contributed by atoms with Crippen LogP contribution in [0, 0.1) is 5.41 Å². The first-order chi connectivity index (χ1) is 7.93. The van der Waals surface area contributed by atoms with Crippen molar-refractivity contribution in [1.82, 2.24) is 9.97 Å². The van der Waals surface area contributed by atoms with E-state index in [4.69, 9.17) is 4.74 Å². The van der Waals surface area contributed by atoms with Crippen molar-refractivity contribution in [2.24, 2.45) is 5.41 Å². The van der Waals surface area contributed by atoms with E-state index in [0.29, 0.717) is 5.82 Å². The van der Waals surface area contributed by atoms with Gasteiger partial charge in [-0.1, -0.05) is 27.7 Å². The molecule has 0 bridgehead atoms. The number of rotatable bonds is 4. The molecule has 0 radical (unpaired) electrons. The van der Waals surface area contributed by atoms with Crippen LogP contribution < -0.4 is 0 Å². The van der Waals surface area contributed by atoms with Gasteiger partial charge in [0.1, 0.15) is 6.10 Å². The maximum Gasteiger partial charge on any atom is 0.157 e. The van der Waals surface area contributed by atoms with Crippen LogP contribution in [0.25, 0.3) is 0 Å². The average Bonchev–Trinajstić information content (AvgIpc) is 2.27. The SMILES string of the molecule is CCc1nc(C(OC)C(C)(C)C)ncc1CO. The first kappa shape index (κ1) is 14.1. The molecular formula is C13H22N2O2. The Morgan fingerprint density at radius 2 is 2.06 bits per heavy atom. The van der Waals surface area contributed by atoms with Gasteiger partial charge >= 0.3 is 0 Å². The summed E-state index contributed by atoms with van der Waals surface area (Å²) in [5.74, 6) is 0.689. The van der Waals surface area contributed by atoms with Gasteiger partial charge in [0.15, 0.2) is 5.82 Å². The summed E-state index contributed by atoms with van der Waals surface area (Å²) < 4.78 is 5.49. The van der Waals surface area contributed by atoms with Crippen LogP contribution in [0.2, 0.25) is 0 Å². The highest BCUT2D eigenvalue weighted by Crippen LogP contribution is 2.33. The molecule has 1 atom stereocenters. The van der Waals surface area contributed by atoms with Gasteiger partial charge in [-0.25, -0.2) is 9.97 Å². The molecule has 17 heavy (non-hydrogen) atoms. The van der Waals surface area contributed by atoms with Gasteiger partial charge in [-0.05, 0) is 11.8 Å². The van der Waals surface area contributed by atoms with E-state index in [0.717, 1.165) is 17.7 Å². The fraction of sp³-hybridized carbons (Fsp3) is 0.692. The van der Waals surface area contributed by atoms with Gasteiger partial charge in [0.05, 0.1) is 6.61 Å². The third-order valence-electron chi connectivity index (χ3n) is 2.73. The predicted molar refractivity (Wildman–Crippen MR) is 66.5 cm³/mol. The summed E-state index contributed by atoms with van der Waals surface area (Å²) in [6.07, 6.45) is 2.34. The molecule has 4 heteroatoms. The van der Waals surface area contributed by atoms with Crippen LogP contribution in [-0.4, -0.2) is 22.2 Å². The zero-order valence-electron chi connectivity index (χ0n) is 11.3. The predicted octanol–water partition coefficient (Wildman–Crippen LogP) is 2.26. The topological polar surface area (TPSA) is 55.2 Å². The quantitative estimate of drug-likeness (QED) is 0.874. The van der Waals surface area contributed by atoms with Gasteiger partial charge < -0.3 is 9.84 Å². The van der Waals surface area contributed by atoms with Crippen molar-refractivity contribution in [2.45, 2.75) is 46.8 Å². The molecule has 1 aromatic rings. The maximum absolute atomic E-state index is 9.18. The minimum atomic E-state index is -0.138. The van der Waals surface area contributed by atoms with Crippen LogP contribution in [-0.2, 0) is 17.8 Å². The molecule has 0 saturated heterocycles. The van der Waals surface area contributed by atoms with E-state index >= 15 is 0 Å². The van der Waals surface area contributed by atoms with E-state index < -0.39 is 0 Å². The summed E-state index contributed by atoms with van der Waals surface area (Å²) in [6, 6.07) is 0. The van der Waals surface area contributed by atoms with Crippen molar-refractivity contribution in [3.63, 3.8) is 0 Å². The third-order valence-corrected chi connectivity index (χ3v) is 2.73. The molecule has 0 aliphatic rings. The molecular weight excluding hydrogens is 216 g/mol. The molecule has 0 aliphatic carbocycles. The summed E-state index contributed by atoms with van der Waals surface area (Å²) in [5.41, 5.74) is 1.63. The number of aryl methyl sites for hydroxylation is 1. The highest BCUT2D eigenvalue weighted by atomic mass is 16.5. The van der Waals surface area contributed by atoms with E-state index in [1.54, 1.807) is 13.3 Å². The molecule has 0 aromatic carbocycles. The molecule has 1 N–H and O–H groups in total. The van der Waals surface area contributed by atoms with Gasteiger partial charge in [-0.3, -0.25) is 0 Å². The Kier molecular flexibility index (Phi) is 4.60.